The predicted molar refractivity (Wildman–Crippen MR) is 507 cm³/mol. The first-order valence-electron chi connectivity index (χ1n) is 49.0. The van der Waals surface area contributed by atoms with Crippen molar-refractivity contribution in [1.29, 1.82) is 0 Å². The maximum absolute atomic E-state index is 14.4. The highest BCUT2D eigenvalue weighted by Crippen LogP contribution is 2.33. The predicted octanol–water partition coefficient (Wildman–Crippen LogP) is 16.2. The van der Waals surface area contributed by atoms with Crippen LogP contribution < -0.4 is 22.2 Å². The second-order valence-electron chi connectivity index (χ2n) is 37.5. The summed E-state index contributed by atoms with van der Waals surface area (Å²) in [4.78, 5) is 110. The lowest BCUT2D eigenvalue weighted by Crippen LogP contribution is -2.56. The van der Waals surface area contributed by atoms with Crippen molar-refractivity contribution < 1.29 is 33.4 Å². The van der Waals surface area contributed by atoms with Gasteiger partial charge in [-0.1, -0.05) is 191 Å². The van der Waals surface area contributed by atoms with E-state index in [0.717, 1.165) is 182 Å². The first kappa shape index (κ1) is 96.4. The lowest BCUT2D eigenvalue weighted by atomic mass is 9.88. The molecule has 4 aromatic carbocycles. The third-order valence-electron chi connectivity index (χ3n) is 28.1. The number of aromatic nitrogens is 6. The van der Waals surface area contributed by atoms with E-state index in [-0.39, 0.29) is 72.5 Å². The SMILES string of the molecule is CCCCCCCCCCCCCC(=O)OCn1c(=O)c(C2CCN(C(=O)C[C@H](Cc3cc(C)c4[nH]ncc4c3)C(=O)N3CCN(C4CCN(C)CC4)CC3)CC2)cc2ccccc21.CCCCCCCCCCCCCC(=O)OCn1c(=O)c(C2CCNCC2)cc2ccccc21.Cc1cc(C[C@@H](N)C(=O)N2CCN(C3CCN(C)CC3)CC2)cc2cn[nH]c12. The Bertz CT molecular complexity index is 4830. The number of ether oxygens (including phenoxy) is 2. The topological polar surface area (TPSA) is 266 Å². The number of esters is 2. The molecular formula is C102H151N15O9. The van der Waals surface area contributed by atoms with Gasteiger partial charge in [0.15, 0.2) is 13.5 Å². The zero-order valence-corrected chi connectivity index (χ0v) is 77.3. The normalized spacial score (nSPS) is 17.6. The van der Waals surface area contributed by atoms with Gasteiger partial charge < -0.3 is 45.0 Å². The van der Waals surface area contributed by atoms with Crippen LogP contribution in [0.25, 0.3) is 43.6 Å². The fraction of sp³-hybridized carbons (Fsp3) is 0.637. The van der Waals surface area contributed by atoms with Crippen molar-refractivity contribution >= 4 is 73.3 Å². The Kier molecular flexibility index (Phi) is 38.5. The molecule has 3 amide bonds. The molecule has 0 spiro atoms. The lowest BCUT2D eigenvalue weighted by Gasteiger charge is -2.43. The number of unbranched alkanes of at least 4 members (excludes halogenated alkanes) is 20. The lowest BCUT2D eigenvalue weighted by molar-refractivity contribution is -0.148. The van der Waals surface area contributed by atoms with Gasteiger partial charge in [-0.15, -0.1) is 0 Å². The first-order chi connectivity index (χ1) is 61.4. The average molecular weight is 1730 g/mol. The van der Waals surface area contributed by atoms with Gasteiger partial charge in [0.1, 0.15) is 0 Å². The third-order valence-corrected chi connectivity index (χ3v) is 28.1. The summed E-state index contributed by atoms with van der Waals surface area (Å²) in [7, 11) is 4.38. The number of fused-ring (bicyclic) bond motifs is 4. The second-order valence-corrected chi connectivity index (χ2v) is 37.5. The van der Waals surface area contributed by atoms with Crippen LogP contribution in [0.3, 0.4) is 0 Å². The minimum atomic E-state index is -0.487. The van der Waals surface area contributed by atoms with Crippen molar-refractivity contribution in [2.24, 2.45) is 11.7 Å². The van der Waals surface area contributed by atoms with E-state index in [9.17, 15) is 33.6 Å². The van der Waals surface area contributed by atoms with E-state index < -0.39 is 12.0 Å². The van der Waals surface area contributed by atoms with Gasteiger partial charge in [-0.05, 0) is 226 Å². The number of hydrogen-bond donors (Lipinski definition) is 4. The quantitative estimate of drug-likeness (QED) is 0.0205. The second kappa shape index (κ2) is 50.3. The number of likely N-dealkylation sites (tertiary alicyclic amines) is 3. The zero-order valence-electron chi connectivity index (χ0n) is 77.3. The summed E-state index contributed by atoms with van der Waals surface area (Å²) in [5, 5.41) is 21.8. The number of rotatable bonds is 40. The Morgan fingerprint density at radius 3 is 1.25 bits per heavy atom. The molecule has 688 valence electrons. The number of piperazine rings is 2. The van der Waals surface area contributed by atoms with Gasteiger partial charge >= 0.3 is 11.9 Å². The highest BCUT2D eigenvalue weighted by molar-refractivity contribution is 5.88. The number of aryl methyl sites for hydroxylation is 2. The molecule has 6 aliphatic rings. The smallest absolute Gasteiger partial charge is 0.307 e. The van der Waals surface area contributed by atoms with Crippen LogP contribution in [0, 0.1) is 19.8 Å². The van der Waals surface area contributed by atoms with E-state index in [1.54, 1.807) is 9.13 Å². The molecule has 24 heteroatoms. The Hall–Kier alpha value is -8.65. The Labute approximate surface area is 749 Å². The number of benzene rings is 4. The third kappa shape index (κ3) is 28.2. The number of piperidine rings is 4. The molecule has 0 unspecified atom stereocenters. The molecule has 0 radical (unpaired) electrons. The van der Waals surface area contributed by atoms with Gasteiger partial charge in [-0.3, -0.25) is 62.7 Å². The highest BCUT2D eigenvalue weighted by Gasteiger charge is 2.36. The van der Waals surface area contributed by atoms with E-state index in [2.05, 4.69) is 111 Å². The number of aromatic amines is 2. The number of pyridine rings is 2. The van der Waals surface area contributed by atoms with Gasteiger partial charge in [0.05, 0.1) is 46.4 Å². The number of hydrogen-bond acceptors (Lipinski definition) is 17. The molecule has 6 aliphatic heterocycles. The van der Waals surface area contributed by atoms with Gasteiger partial charge in [-0.25, -0.2) is 0 Å². The van der Waals surface area contributed by atoms with E-state index in [4.69, 9.17) is 15.2 Å². The van der Waals surface area contributed by atoms with Gasteiger partial charge in [0.25, 0.3) is 11.1 Å². The minimum Gasteiger partial charge on any atom is -0.444 e. The molecule has 24 nitrogen and oxygen atoms in total. The highest BCUT2D eigenvalue weighted by atomic mass is 16.5. The van der Waals surface area contributed by atoms with Crippen LogP contribution in [0.1, 0.15) is 271 Å². The van der Waals surface area contributed by atoms with Crippen LogP contribution in [-0.2, 0) is 59.7 Å². The molecule has 10 heterocycles. The molecule has 14 rings (SSSR count). The molecule has 6 fully saturated rings. The maximum Gasteiger partial charge on any atom is 0.307 e. The zero-order chi connectivity index (χ0) is 88.5. The van der Waals surface area contributed by atoms with E-state index in [1.165, 1.54) is 148 Å². The van der Waals surface area contributed by atoms with Crippen molar-refractivity contribution in [2.45, 2.75) is 296 Å². The maximum atomic E-state index is 14.4. The minimum absolute atomic E-state index is 0.00494. The molecular weight excluding hydrogens is 1580 g/mol. The molecule has 5 N–H and O–H groups in total. The van der Waals surface area contributed by atoms with Crippen LogP contribution >= 0.6 is 0 Å². The molecule has 0 saturated carbocycles. The molecule has 6 saturated heterocycles. The number of nitrogens with one attached hydrogen (secondary N) is 3. The molecule has 8 aromatic rings. The number of H-pyrrole nitrogens is 2. The number of nitrogens with zero attached hydrogens (tertiary/aromatic N) is 11. The number of para-hydroxylation sites is 2. The standard InChI is InChI=1S/C52H75N7O5.C29H44N2O3.C21H32N6O/c1-4-5-6-7-8-9-10-11-12-13-14-19-49(61)64-38-59-47-18-16-15-17-42(47)35-46(52(59)63)41-20-26-57(27-21-41)48(60)36-43(33-40-32-39(2)50-44(34-40)37-53-54-50)51(62)58-30-28-56(29-31-58)45-22-24-55(3)25-23-45;1-2-3-4-5-6-7-8-9-10-11-12-17-28(32)34-23-31-27-16-14-13-15-25(27)22-26(29(31)33)24-18-20-30-21-19-24;1-15-11-16(12-17-14-23-24-20(15)17)13-19(22)21(28)27-9-7-26(8-10-27)18-3-5-25(2)6-4-18/h15-18,32,34-35,37,41,43,45H,4-14,19-31,33,36,38H2,1-3H3,(H,53,54);13-16,22,24,30H,2-12,17-21,23H2,1H3;11-12,14,18-19H,3-10,13,22H2,1-2H3,(H,23,24)/t43-;;19-/m0.1/s1. The number of nitrogens with two attached hydrogens (primary N) is 1. The summed E-state index contributed by atoms with van der Waals surface area (Å²) in [6.45, 7) is 22.6. The summed E-state index contributed by atoms with van der Waals surface area (Å²) in [6.07, 6.45) is 40.8. The molecule has 2 atom stereocenters. The number of amides is 3. The van der Waals surface area contributed by atoms with E-state index in [1.807, 2.05) is 87.8 Å². The van der Waals surface area contributed by atoms with Gasteiger partial charge in [-0.2, -0.15) is 10.2 Å². The molecule has 4 aromatic heterocycles. The Morgan fingerprint density at radius 2 is 0.825 bits per heavy atom. The van der Waals surface area contributed by atoms with Gasteiger partial charge in [0.2, 0.25) is 17.7 Å². The monoisotopic (exact) mass is 1730 g/mol. The summed E-state index contributed by atoms with van der Waals surface area (Å²) in [5.41, 5.74) is 15.6. The Morgan fingerprint density at radius 1 is 0.437 bits per heavy atom. The van der Waals surface area contributed by atoms with E-state index >= 15 is 0 Å². The summed E-state index contributed by atoms with van der Waals surface area (Å²) >= 11 is 0. The number of carbonyl (C=O) groups excluding carboxylic acids is 5. The molecule has 126 heavy (non-hydrogen) atoms. The summed E-state index contributed by atoms with van der Waals surface area (Å²) in [6, 6.07) is 28.8. The molecule has 0 aliphatic carbocycles. The number of carbonyl (C=O) groups is 5. The van der Waals surface area contributed by atoms with Crippen LogP contribution in [0.15, 0.2) is 107 Å². The van der Waals surface area contributed by atoms with Crippen LogP contribution in [0.5, 0.6) is 0 Å². The van der Waals surface area contributed by atoms with Crippen molar-refractivity contribution in [3.8, 4) is 0 Å². The van der Waals surface area contributed by atoms with Crippen molar-refractivity contribution in [3.63, 3.8) is 0 Å². The van der Waals surface area contributed by atoms with Gasteiger partial charge in [0, 0.05) is 119 Å². The largest absolute Gasteiger partial charge is 0.444 e. The fourth-order valence-electron chi connectivity index (χ4n) is 20.3. The average Bonchev–Trinajstić information content (AvgIpc) is 1.05. The summed E-state index contributed by atoms with van der Waals surface area (Å²) in [5.74, 6) is -0.607. The Balaban J connectivity index is 0.000000194. The van der Waals surface area contributed by atoms with E-state index in [0.29, 0.717) is 82.4 Å². The van der Waals surface area contributed by atoms with Crippen molar-refractivity contribution in [3.05, 3.63) is 151 Å². The van der Waals surface area contributed by atoms with Crippen LogP contribution in [0.2, 0.25) is 0 Å². The van der Waals surface area contributed by atoms with Crippen LogP contribution in [0.4, 0.5) is 0 Å². The summed E-state index contributed by atoms with van der Waals surface area (Å²) < 4.78 is 14.5. The van der Waals surface area contributed by atoms with Crippen molar-refractivity contribution in [2.75, 3.05) is 119 Å². The van der Waals surface area contributed by atoms with Crippen molar-refractivity contribution in [1.82, 2.24) is 69.1 Å². The fourth-order valence-corrected chi connectivity index (χ4v) is 20.3. The van der Waals surface area contributed by atoms with Crippen LogP contribution in [-0.4, -0.2) is 230 Å². The first-order valence-corrected chi connectivity index (χ1v) is 49.0. The molecule has 0 bridgehead atoms.